The van der Waals surface area contributed by atoms with E-state index >= 15 is 0 Å². The normalized spacial score (nSPS) is 11.4. The molecule has 1 aromatic rings. The Kier molecular flexibility index (Phi) is 5.85. The number of methoxy groups -OCH3 is 1. The number of nitrogens with two attached hydrogens (primary N) is 1. The van der Waals surface area contributed by atoms with Crippen molar-refractivity contribution >= 4 is 18.4 Å². The van der Waals surface area contributed by atoms with E-state index in [1.165, 1.54) is 7.11 Å². The minimum atomic E-state index is -0.929. The first-order valence-corrected chi connectivity index (χ1v) is 4.76. The summed E-state index contributed by atoms with van der Waals surface area (Å²) in [6.45, 7) is 1.92. The first kappa shape index (κ1) is 14.7. The van der Waals surface area contributed by atoms with Crippen LogP contribution in [-0.2, 0) is 16.0 Å². The Labute approximate surface area is 101 Å². The van der Waals surface area contributed by atoms with E-state index in [1.807, 2.05) is 6.92 Å². The van der Waals surface area contributed by atoms with Crippen molar-refractivity contribution in [3.8, 4) is 5.75 Å². The minimum absolute atomic E-state index is 0. The van der Waals surface area contributed by atoms with E-state index in [4.69, 9.17) is 5.73 Å². The second-order valence-electron chi connectivity index (χ2n) is 3.21. The van der Waals surface area contributed by atoms with Crippen LogP contribution in [0.3, 0.4) is 0 Å². The molecule has 5 heteroatoms. The zero-order chi connectivity index (χ0) is 11.4. The summed E-state index contributed by atoms with van der Waals surface area (Å²) in [6, 6.07) is 4.25. The van der Waals surface area contributed by atoms with Crippen LogP contribution in [0.1, 0.15) is 24.1 Å². The molecule has 0 bridgehead atoms. The average molecular weight is 246 g/mol. The van der Waals surface area contributed by atoms with Gasteiger partial charge in [-0.15, -0.1) is 12.4 Å². The van der Waals surface area contributed by atoms with Crippen molar-refractivity contribution < 1.29 is 14.6 Å². The third kappa shape index (κ3) is 2.87. The van der Waals surface area contributed by atoms with Crippen LogP contribution < -0.4 is 5.73 Å². The Morgan fingerprint density at radius 1 is 1.56 bits per heavy atom. The molecule has 0 unspecified atom stereocenters. The number of halogens is 1. The predicted molar refractivity (Wildman–Crippen MR) is 63.7 cm³/mol. The summed E-state index contributed by atoms with van der Waals surface area (Å²) in [7, 11) is 1.27. The number of esters is 1. The Balaban J connectivity index is 0.00000225. The van der Waals surface area contributed by atoms with Gasteiger partial charge in [0, 0.05) is 5.56 Å². The predicted octanol–water partition coefficient (Wildman–Crippen LogP) is 1.55. The second-order valence-corrected chi connectivity index (χ2v) is 3.21. The first-order chi connectivity index (χ1) is 7.11. The highest BCUT2D eigenvalue weighted by molar-refractivity contribution is 5.85. The van der Waals surface area contributed by atoms with Gasteiger partial charge in [0.1, 0.15) is 11.8 Å². The number of carbonyl (C=O) groups excluding carboxylic acids is 1. The molecule has 90 valence electrons. The van der Waals surface area contributed by atoms with Crippen molar-refractivity contribution in [2.24, 2.45) is 5.73 Å². The van der Waals surface area contributed by atoms with Crippen LogP contribution in [0.5, 0.6) is 5.75 Å². The van der Waals surface area contributed by atoms with Crippen molar-refractivity contribution in [2.45, 2.75) is 19.4 Å². The summed E-state index contributed by atoms with van der Waals surface area (Å²) in [6.07, 6.45) is 0.688. The first-order valence-electron chi connectivity index (χ1n) is 4.76. The van der Waals surface area contributed by atoms with Crippen molar-refractivity contribution in [1.29, 1.82) is 0 Å². The molecule has 0 amide bonds. The lowest BCUT2D eigenvalue weighted by Gasteiger charge is -2.13. The molecule has 0 aliphatic rings. The van der Waals surface area contributed by atoms with Crippen molar-refractivity contribution in [3.05, 3.63) is 29.3 Å². The molecular weight excluding hydrogens is 230 g/mol. The van der Waals surface area contributed by atoms with Crippen molar-refractivity contribution in [3.63, 3.8) is 0 Å². The van der Waals surface area contributed by atoms with E-state index in [-0.39, 0.29) is 18.2 Å². The SMILES string of the molecule is CCc1cccc([C@H](N)C(=O)OC)c1O.Cl. The number of hydrogen-bond acceptors (Lipinski definition) is 4. The fourth-order valence-electron chi connectivity index (χ4n) is 1.40. The van der Waals surface area contributed by atoms with Gasteiger partial charge in [-0.1, -0.05) is 25.1 Å². The van der Waals surface area contributed by atoms with Crippen LogP contribution in [0.4, 0.5) is 0 Å². The topological polar surface area (TPSA) is 72.6 Å². The number of phenolic OH excluding ortho intramolecular Hbond substituents is 1. The highest BCUT2D eigenvalue weighted by Gasteiger charge is 2.20. The summed E-state index contributed by atoms with van der Waals surface area (Å²) in [5.74, 6) is -0.476. The summed E-state index contributed by atoms with van der Waals surface area (Å²) < 4.78 is 4.52. The van der Waals surface area contributed by atoms with Gasteiger partial charge in [-0.05, 0) is 12.0 Å². The molecule has 0 spiro atoms. The second kappa shape index (κ2) is 6.35. The molecule has 1 atom stereocenters. The Hall–Kier alpha value is -1.26. The van der Waals surface area contributed by atoms with Gasteiger partial charge >= 0.3 is 5.97 Å². The minimum Gasteiger partial charge on any atom is -0.507 e. The third-order valence-corrected chi connectivity index (χ3v) is 2.32. The molecule has 0 heterocycles. The number of aryl methyl sites for hydroxylation is 1. The number of para-hydroxylation sites is 1. The van der Waals surface area contributed by atoms with E-state index in [1.54, 1.807) is 18.2 Å². The number of aromatic hydroxyl groups is 1. The van der Waals surface area contributed by atoms with Crippen molar-refractivity contribution in [1.82, 2.24) is 0 Å². The van der Waals surface area contributed by atoms with Gasteiger partial charge in [-0.3, -0.25) is 4.79 Å². The van der Waals surface area contributed by atoms with E-state index in [0.29, 0.717) is 12.0 Å². The summed E-state index contributed by atoms with van der Waals surface area (Å²) >= 11 is 0. The number of carbonyl (C=O) groups is 1. The van der Waals surface area contributed by atoms with E-state index in [9.17, 15) is 9.90 Å². The number of benzene rings is 1. The van der Waals surface area contributed by atoms with E-state index in [0.717, 1.165) is 5.56 Å². The lowest BCUT2D eigenvalue weighted by atomic mass is 10.0. The number of rotatable bonds is 3. The fourth-order valence-corrected chi connectivity index (χ4v) is 1.40. The molecule has 0 aliphatic heterocycles. The highest BCUT2D eigenvalue weighted by Crippen LogP contribution is 2.27. The molecule has 16 heavy (non-hydrogen) atoms. The zero-order valence-corrected chi connectivity index (χ0v) is 10.1. The monoisotopic (exact) mass is 245 g/mol. The molecule has 1 rings (SSSR count). The third-order valence-electron chi connectivity index (χ3n) is 2.32. The quantitative estimate of drug-likeness (QED) is 0.793. The fraction of sp³-hybridized carbons (Fsp3) is 0.364. The number of ether oxygens (including phenoxy) is 1. The number of phenols is 1. The standard InChI is InChI=1S/C11H15NO3.ClH/c1-3-7-5-4-6-8(10(7)13)9(12)11(14)15-2;/h4-6,9,13H,3,12H2,1-2H3;1H/t9-;/m0./s1. The van der Waals surface area contributed by atoms with Crippen LogP contribution in [0, 0.1) is 0 Å². The van der Waals surface area contributed by atoms with Gasteiger partial charge in [0.2, 0.25) is 0 Å². The average Bonchev–Trinajstić information content (AvgIpc) is 2.27. The van der Waals surface area contributed by atoms with Gasteiger partial charge in [0.25, 0.3) is 0 Å². The van der Waals surface area contributed by atoms with Crippen LogP contribution >= 0.6 is 12.4 Å². The smallest absolute Gasteiger partial charge is 0.327 e. The van der Waals surface area contributed by atoms with E-state index in [2.05, 4.69) is 4.74 Å². The maximum Gasteiger partial charge on any atom is 0.327 e. The maximum absolute atomic E-state index is 11.2. The molecule has 0 aliphatic carbocycles. The van der Waals surface area contributed by atoms with Gasteiger partial charge < -0.3 is 15.6 Å². The maximum atomic E-state index is 11.2. The lowest BCUT2D eigenvalue weighted by Crippen LogP contribution is -2.22. The Morgan fingerprint density at radius 2 is 2.19 bits per heavy atom. The van der Waals surface area contributed by atoms with Crippen molar-refractivity contribution in [2.75, 3.05) is 7.11 Å². The highest BCUT2D eigenvalue weighted by atomic mass is 35.5. The molecule has 0 saturated carbocycles. The molecule has 1 aromatic carbocycles. The molecule has 0 saturated heterocycles. The van der Waals surface area contributed by atoms with Gasteiger partial charge in [0.15, 0.2) is 0 Å². The summed E-state index contributed by atoms with van der Waals surface area (Å²) in [5.41, 5.74) is 6.81. The largest absolute Gasteiger partial charge is 0.507 e. The lowest BCUT2D eigenvalue weighted by molar-refractivity contribution is -0.142. The van der Waals surface area contributed by atoms with Gasteiger partial charge in [-0.2, -0.15) is 0 Å². The van der Waals surface area contributed by atoms with Crippen LogP contribution in [0.25, 0.3) is 0 Å². The van der Waals surface area contributed by atoms with Gasteiger partial charge in [0.05, 0.1) is 7.11 Å². The molecular formula is C11H16ClNO3. The van der Waals surface area contributed by atoms with Crippen LogP contribution in [-0.4, -0.2) is 18.2 Å². The molecule has 0 radical (unpaired) electrons. The number of hydrogen-bond donors (Lipinski definition) is 2. The Bertz CT molecular complexity index is 368. The molecule has 0 aromatic heterocycles. The summed E-state index contributed by atoms with van der Waals surface area (Å²) in [4.78, 5) is 11.2. The molecule has 4 nitrogen and oxygen atoms in total. The zero-order valence-electron chi connectivity index (χ0n) is 9.27. The van der Waals surface area contributed by atoms with E-state index < -0.39 is 12.0 Å². The van der Waals surface area contributed by atoms with Gasteiger partial charge in [-0.25, -0.2) is 0 Å². The summed E-state index contributed by atoms with van der Waals surface area (Å²) in [5, 5.41) is 9.82. The molecule has 0 fully saturated rings. The van der Waals surface area contributed by atoms with Crippen LogP contribution in [0.15, 0.2) is 18.2 Å². The molecule has 3 N–H and O–H groups in total. The van der Waals surface area contributed by atoms with Crippen LogP contribution in [0.2, 0.25) is 0 Å². The Morgan fingerprint density at radius 3 is 2.69 bits per heavy atom.